The number of nitrogens with one attached hydrogen (secondary N) is 1. The second kappa shape index (κ2) is 8.19. The zero-order chi connectivity index (χ0) is 15.8. The number of methoxy groups -OCH3 is 1. The SMILES string of the molecule is C=CCOC(=O)C[C@@H](NC(=O)OC(C)(C)C)C(=O)OC. The molecule has 0 aromatic heterocycles. The highest BCUT2D eigenvalue weighted by Gasteiger charge is 2.27. The van der Waals surface area contributed by atoms with Crippen LogP contribution >= 0.6 is 0 Å². The summed E-state index contributed by atoms with van der Waals surface area (Å²) in [4.78, 5) is 34.5. The van der Waals surface area contributed by atoms with E-state index in [1.54, 1.807) is 20.8 Å². The van der Waals surface area contributed by atoms with Crippen molar-refractivity contribution in [3.8, 4) is 0 Å². The first-order valence-corrected chi connectivity index (χ1v) is 6.03. The van der Waals surface area contributed by atoms with E-state index in [0.717, 1.165) is 7.11 Å². The normalized spacial score (nSPS) is 12.0. The minimum absolute atomic E-state index is 0.0269. The number of hydrogen-bond acceptors (Lipinski definition) is 6. The molecular weight excluding hydrogens is 266 g/mol. The number of alkyl carbamates (subject to hydrolysis) is 1. The summed E-state index contributed by atoms with van der Waals surface area (Å²) in [7, 11) is 1.15. The van der Waals surface area contributed by atoms with Gasteiger partial charge in [-0.05, 0) is 20.8 Å². The monoisotopic (exact) mass is 287 g/mol. The summed E-state index contributed by atoms with van der Waals surface area (Å²) in [5.41, 5.74) is -0.714. The maximum atomic E-state index is 11.6. The molecule has 0 saturated carbocycles. The lowest BCUT2D eigenvalue weighted by Crippen LogP contribution is -2.45. The number of amides is 1. The van der Waals surface area contributed by atoms with Crippen molar-refractivity contribution in [2.24, 2.45) is 0 Å². The van der Waals surface area contributed by atoms with E-state index in [0.29, 0.717) is 0 Å². The van der Waals surface area contributed by atoms with Gasteiger partial charge < -0.3 is 19.5 Å². The molecule has 1 atom stereocenters. The van der Waals surface area contributed by atoms with Gasteiger partial charge >= 0.3 is 18.0 Å². The molecule has 0 heterocycles. The quantitative estimate of drug-likeness (QED) is 0.448. The average molecular weight is 287 g/mol. The molecule has 0 rings (SSSR count). The summed E-state index contributed by atoms with van der Waals surface area (Å²) in [5, 5.41) is 2.27. The number of carbonyl (C=O) groups is 3. The van der Waals surface area contributed by atoms with Crippen LogP contribution in [0.4, 0.5) is 4.79 Å². The van der Waals surface area contributed by atoms with Gasteiger partial charge in [-0.15, -0.1) is 0 Å². The molecule has 20 heavy (non-hydrogen) atoms. The number of esters is 2. The zero-order valence-electron chi connectivity index (χ0n) is 12.2. The van der Waals surface area contributed by atoms with Crippen molar-refractivity contribution in [2.45, 2.75) is 38.8 Å². The molecule has 1 N–H and O–H groups in total. The average Bonchev–Trinajstić information content (AvgIpc) is 2.32. The molecular formula is C13H21NO6. The number of carbonyl (C=O) groups excluding carboxylic acids is 3. The smallest absolute Gasteiger partial charge is 0.408 e. The van der Waals surface area contributed by atoms with Crippen molar-refractivity contribution in [1.29, 1.82) is 0 Å². The van der Waals surface area contributed by atoms with E-state index in [2.05, 4.69) is 16.6 Å². The minimum Gasteiger partial charge on any atom is -0.467 e. The van der Waals surface area contributed by atoms with Crippen molar-refractivity contribution in [3.05, 3.63) is 12.7 Å². The zero-order valence-corrected chi connectivity index (χ0v) is 12.2. The summed E-state index contributed by atoms with van der Waals surface area (Å²) in [6.07, 6.45) is 0.232. The van der Waals surface area contributed by atoms with E-state index in [-0.39, 0.29) is 13.0 Å². The second-order valence-corrected chi connectivity index (χ2v) is 4.90. The van der Waals surface area contributed by atoms with Crippen molar-refractivity contribution in [3.63, 3.8) is 0 Å². The fraction of sp³-hybridized carbons (Fsp3) is 0.615. The largest absolute Gasteiger partial charge is 0.467 e. The van der Waals surface area contributed by atoms with Crippen LogP contribution in [0.5, 0.6) is 0 Å². The van der Waals surface area contributed by atoms with E-state index >= 15 is 0 Å². The third-order valence-electron chi connectivity index (χ3n) is 1.91. The molecule has 0 radical (unpaired) electrons. The molecule has 0 saturated heterocycles. The fourth-order valence-corrected chi connectivity index (χ4v) is 1.16. The Balaban J connectivity index is 4.57. The van der Waals surface area contributed by atoms with Gasteiger partial charge in [-0.2, -0.15) is 0 Å². The fourth-order valence-electron chi connectivity index (χ4n) is 1.16. The molecule has 0 fully saturated rings. The van der Waals surface area contributed by atoms with Crippen LogP contribution in [0.15, 0.2) is 12.7 Å². The van der Waals surface area contributed by atoms with Crippen LogP contribution in [0.3, 0.4) is 0 Å². The van der Waals surface area contributed by atoms with Crippen LogP contribution in [-0.2, 0) is 23.8 Å². The van der Waals surface area contributed by atoms with E-state index in [1.807, 2.05) is 0 Å². The predicted octanol–water partition coefficient (Wildman–Crippen LogP) is 1.17. The Bertz CT molecular complexity index is 372. The molecule has 1 amide bonds. The summed E-state index contributed by atoms with van der Waals surface area (Å²) in [5.74, 6) is -1.41. The maximum Gasteiger partial charge on any atom is 0.408 e. The number of hydrogen-bond donors (Lipinski definition) is 1. The molecule has 114 valence electrons. The summed E-state index contributed by atoms with van der Waals surface area (Å²) < 4.78 is 14.3. The predicted molar refractivity (Wildman–Crippen MR) is 70.9 cm³/mol. The second-order valence-electron chi connectivity index (χ2n) is 4.90. The first-order valence-electron chi connectivity index (χ1n) is 6.03. The van der Waals surface area contributed by atoms with Crippen LogP contribution < -0.4 is 5.32 Å². The molecule has 0 aliphatic carbocycles. The maximum absolute atomic E-state index is 11.6. The van der Waals surface area contributed by atoms with Gasteiger partial charge in [-0.3, -0.25) is 4.79 Å². The van der Waals surface area contributed by atoms with E-state index < -0.39 is 29.7 Å². The molecule has 0 unspecified atom stereocenters. The van der Waals surface area contributed by atoms with Crippen LogP contribution in [0, 0.1) is 0 Å². The number of ether oxygens (including phenoxy) is 3. The van der Waals surface area contributed by atoms with Gasteiger partial charge in [0.25, 0.3) is 0 Å². The molecule has 0 aromatic rings. The van der Waals surface area contributed by atoms with Crippen LogP contribution in [0.25, 0.3) is 0 Å². The van der Waals surface area contributed by atoms with Gasteiger partial charge in [0, 0.05) is 0 Å². The Morgan fingerprint density at radius 1 is 1.30 bits per heavy atom. The number of rotatable bonds is 6. The van der Waals surface area contributed by atoms with Gasteiger partial charge in [0.15, 0.2) is 0 Å². The highest BCUT2D eigenvalue weighted by atomic mass is 16.6. The summed E-state index contributed by atoms with van der Waals surface area (Å²) in [6.45, 7) is 8.46. The summed E-state index contributed by atoms with van der Waals surface area (Å²) in [6, 6.07) is -1.16. The Morgan fingerprint density at radius 2 is 1.90 bits per heavy atom. The van der Waals surface area contributed by atoms with Gasteiger partial charge in [0.1, 0.15) is 18.2 Å². The Hall–Kier alpha value is -2.05. The van der Waals surface area contributed by atoms with Crippen molar-refractivity contribution < 1.29 is 28.6 Å². The molecule has 0 aliphatic heterocycles. The Labute approximate surface area is 118 Å². The first kappa shape index (κ1) is 17.9. The van der Waals surface area contributed by atoms with Crippen molar-refractivity contribution in [2.75, 3.05) is 13.7 Å². The highest BCUT2D eigenvalue weighted by molar-refractivity contribution is 5.86. The van der Waals surface area contributed by atoms with Gasteiger partial charge in [0.05, 0.1) is 13.5 Å². The van der Waals surface area contributed by atoms with E-state index in [9.17, 15) is 14.4 Å². The molecule has 0 aliphatic rings. The first-order chi connectivity index (χ1) is 9.19. The van der Waals surface area contributed by atoms with Gasteiger partial charge in [0.2, 0.25) is 0 Å². The van der Waals surface area contributed by atoms with Gasteiger partial charge in [-0.1, -0.05) is 12.7 Å². The Morgan fingerprint density at radius 3 is 2.35 bits per heavy atom. The highest BCUT2D eigenvalue weighted by Crippen LogP contribution is 2.08. The van der Waals surface area contributed by atoms with Crippen LogP contribution in [-0.4, -0.2) is 43.4 Å². The van der Waals surface area contributed by atoms with Gasteiger partial charge in [-0.25, -0.2) is 9.59 Å². The molecule has 7 nitrogen and oxygen atoms in total. The lowest BCUT2D eigenvalue weighted by atomic mass is 10.2. The van der Waals surface area contributed by atoms with Crippen LogP contribution in [0.1, 0.15) is 27.2 Å². The third kappa shape index (κ3) is 8.12. The Kier molecular flexibility index (Phi) is 7.35. The molecule has 0 aromatic carbocycles. The van der Waals surface area contributed by atoms with Crippen LogP contribution in [0.2, 0.25) is 0 Å². The minimum atomic E-state index is -1.16. The van der Waals surface area contributed by atoms with Crippen molar-refractivity contribution >= 4 is 18.0 Å². The standard InChI is InChI=1S/C13H21NO6/c1-6-7-19-10(15)8-9(11(16)18-5)14-12(17)20-13(2,3)4/h6,9H,1,7-8H2,2-5H3,(H,14,17)/t9-/m1/s1. The van der Waals surface area contributed by atoms with E-state index in [1.165, 1.54) is 6.08 Å². The third-order valence-corrected chi connectivity index (χ3v) is 1.91. The molecule has 0 spiro atoms. The summed E-state index contributed by atoms with van der Waals surface area (Å²) >= 11 is 0. The lowest BCUT2D eigenvalue weighted by molar-refractivity contribution is -0.150. The van der Waals surface area contributed by atoms with E-state index in [4.69, 9.17) is 9.47 Å². The lowest BCUT2D eigenvalue weighted by Gasteiger charge is -2.22. The van der Waals surface area contributed by atoms with Crippen molar-refractivity contribution in [1.82, 2.24) is 5.32 Å². The molecule has 7 heteroatoms. The molecule has 0 bridgehead atoms. The topological polar surface area (TPSA) is 90.9 Å².